The fourth-order valence-electron chi connectivity index (χ4n) is 1.73. The third-order valence-corrected chi connectivity index (χ3v) is 2.90. The van der Waals surface area contributed by atoms with Crippen LogP contribution in [0.2, 0.25) is 0 Å². The zero-order valence-corrected chi connectivity index (χ0v) is 11.5. The van der Waals surface area contributed by atoms with Gasteiger partial charge in [0.25, 0.3) is 0 Å². The van der Waals surface area contributed by atoms with Gasteiger partial charge in [-0.2, -0.15) is 0 Å². The van der Waals surface area contributed by atoms with E-state index in [1.165, 1.54) is 10.2 Å². The Balaban J connectivity index is 2.25. The van der Waals surface area contributed by atoms with Crippen LogP contribution in [0, 0.1) is 0 Å². The summed E-state index contributed by atoms with van der Waals surface area (Å²) >= 11 is 0. The molecule has 0 spiro atoms. The molecule has 0 unspecified atom stereocenters. The lowest BCUT2D eigenvalue weighted by Crippen LogP contribution is -2.33. The van der Waals surface area contributed by atoms with Crippen molar-refractivity contribution in [3.63, 3.8) is 0 Å². The molecule has 0 saturated carbocycles. The molecule has 1 heterocycles. The molecule has 0 bridgehead atoms. The maximum Gasteiger partial charge on any atom is 0.202 e. The fourth-order valence-corrected chi connectivity index (χ4v) is 1.73. The summed E-state index contributed by atoms with van der Waals surface area (Å²) < 4.78 is 1.51. The third kappa shape index (κ3) is 3.41. The Morgan fingerprint density at radius 2 is 1.58 bits per heavy atom. The van der Waals surface area contributed by atoms with Gasteiger partial charge >= 0.3 is 0 Å². The van der Waals surface area contributed by atoms with Crippen molar-refractivity contribution in [3.8, 4) is 0 Å². The zero-order chi connectivity index (χ0) is 13.9. The van der Waals surface area contributed by atoms with Gasteiger partial charge in [0.1, 0.15) is 0 Å². The van der Waals surface area contributed by atoms with Gasteiger partial charge in [0.2, 0.25) is 12.4 Å². The lowest BCUT2D eigenvalue weighted by molar-refractivity contribution is -0.681. The van der Waals surface area contributed by atoms with Crippen LogP contribution in [-0.4, -0.2) is 5.90 Å². The Morgan fingerprint density at radius 3 is 2.11 bits per heavy atom. The maximum absolute atomic E-state index is 12.0. The first-order valence-electron chi connectivity index (χ1n) is 6.30. The van der Waals surface area contributed by atoms with Gasteiger partial charge in [0, 0.05) is 12.1 Å². The molecule has 0 radical (unpaired) electrons. The maximum atomic E-state index is 12.0. The molecule has 0 amide bonds. The van der Waals surface area contributed by atoms with E-state index >= 15 is 0 Å². The minimum atomic E-state index is -0.239. The van der Waals surface area contributed by atoms with E-state index in [0.29, 0.717) is 5.56 Å². The highest BCUT2D eigenvalue weighted by atomic mass is 16.3. The topological polar surface area (TPSA) is 39.3 Å². The van der Waals surface area contributed by atoms with Gasteiger partial charge in [-0.25, -0.2) is 0 Å². The van der Waals surface area contributed by atoms with Gasteiger partial charge in [-0.05, 0) is 21.6 Å². The predicted molar refractivity (Wildman–Crippen MR) is 73.7 cm³/mol. The zero-order valence-electron chi connectivity index (χ0n) is 11.5. The summed E-state index contributed by atoms with van der Waals surface area (Å²) in [6.07, 6.45) is 3.48. The second-order valence-electron chi connectivity index (χ2n) is 5.49. The standard InChI is InChI=1S/C16H18N2O/c1-16(2,3)14-9-7-13(8-10-14)15(19)17-18-11-5-4-6-12-18/h4-12H,1-3H3. The number of hydrogen-bond acceptors (Lipinski definition) is 2. The molecule has 0 aliphatic rings. The van der Waals surface area contributed by atoms with Gasteiger partial charge < -0.3 is 5.11 Å². The molecule has 0 N–H and O–H groups in total. The lowest BCUT2D eigenvalue weighted by Gasteiger charge is -2.19. The van der Waals surface area contributed by atoms with Crippen molar-refractivity contribution in [1.29, 1.82) is 0 Å². The molecule has 0 aliphatic carbocycles. The summed E-state index contributed by atoms with van der Waals surface area (Å²) in [5.74, 6) is -0.239. The van der Waals surface area contributed by atoms with E-state index in [0.717, 1.165) is 0 Å². The molecule has 0 saturated heterocycles. The molecule has 3 heteroatoms. The SMILES string of the molecule is CC(C)(C)c1ccc(/C([O-])=N/[n+]2ccccc2)cc1. The molecule has 2 rings (SSSR count). The minimum absolute atomic E-state index is 0.0902. The average molecular weight is 254 g/mol. The van der Waals surface area contributed by atoms with Crippen LogP contribution in [-0.2, 0) is 5.41 Å². The average Bonchev–Trinajstić information content (AvgIpc) is 2.39. The molecular weight excluding hydrogens is 236 g/mol. The third-order valence-electron chi connectivity index (χ3n) is 2.90. The van der Waals surface area contributed by atoms with Crippen molar-refractivity contribution in [2.75, 3.05) is 0 Å². The first kappa shape index (κ1) is 13.3. The summed E-state index contributed by atoms with van der Waals surface area (Å²) in [6.45, 7) is 6.44. The highest BCUT2D eigenvalue weighted by Crippen LogP contribution is 2.21. The van der Waals surface area contributed by atoms with Crippen LogP contribution in [0.1, 0.15) is 31.9 Å². The molecule has 1 aromatic carbocycles. The summed E-state index contributed by atoms with van der Waals surface area (Å²) in [5, 5.41) is 16.0. The van der Waals surface area contributed by atoms with Crippen LogP contribution in [0.3, 0.4) is 0 Å². The highest BCUT2D eigenvalue weighted by Gasteiger charge is 2.12. The Morgan fingerprint density at radius 1 is 1.00 bits per heavy atom. The molecule has 0 aliphatic heterocycles. The van der Waals surface area contributed by atoms with Crippen LogP contribution in [0.4, 0.5) is 0 Å². The van der Waals surface area contributed by atoms with E-state index < -0.39 is 0 Å². The van der Waals surface area contributed by atoms with Crippen LogP contribution < -0.4 is 9.78 Å². The number of nitrogens with zero attached hydrogens (tertiary/aromatic N) is 2. The summed E-state index contributed by atoms with van der Waals surface area (Å²) in [7, 11) is 0. The normalized spacial score (nSPS) is 12.5. The van der Waals surface area contributed by atoms with Crippen molar-refractivity contribution >= 4 is 5.90 Å². The molecule has 0 atom stereocenters. The molecule has 3 nitrogen and oxygen atoms in total. The Hall–Kier alpha value is -2.16. The van der Waals surface area contributed by atoms with Gasteiger partial charge in [0.05, 0.1) is 5.90 Å². The van der Waals surface area contributed by atoms with Crippen LogP contribution >= 0.6 is 0 Å². The second-order valence-corrected chi connectivity index (χ2v) is 5.49. The number of pyridine rings is 1. The largest absolute Gasteiger partial charge is 0.854 e. The summed E-state index contributed by atoms with van der Waals surface area (Å²) in [5.41, 5.74) is 1.90. The van der Waals surface area contributed by atoms with Crippen molar-refractivity contribution in [3.05, 3.63) is 66.0 Å². The van der Waals surface area contributed by atoms with Crippen molar-refractivity contribution in [2.24, 2.45) is 5.10 Å². The van der Waals surface area contributed by atoms with Crippen molar-refractivity contribution in [1.82, 2.24) is 0 Å². The quantitative estimate of drug-likeness (QED) is 0.458. The van der Waals surface area contributed by atoms with Crippen molar-refractivity contribution < 1.29 is 9.78 Å². The summed E-state index contributed by atoms with van der Waals surface area (Å²) in [4.78, 5) is 0. The van der Waals surface area contributed by atoms with Gasteiger partial charge in [-0.1, -0.05) is 55.8 Å². The van der Waals surface area contributed by atoms with Gasteiger partial charge in [-0.15, -0.1) is 0 Å². The van der Waals surface area contributed by atoms with E-state index in [1.54, 1.807) is 12.4 Å². The first-order chi connectivity index (χ1) is 8.97. The van der Waals surface area contributed by atoms with Crippen LogP contribution in [0.15, 0.2) is 60.0 Å². The summed E-state index contributed by atoms with van der Waals surface area (Å²) in [6, 6.07) is 13.2. The molecular formula is C16H18N2O. The number of hydrogen-bond donors (Lipinski definition) is 0. The number of aromatic nitrogens is 1. The van der Waals surface area contributed by atoms with Gasteiger partial charge in [-0.3, -0.25) is 0 Å². The molecule has 0 fully saturated rings. The monoisotopic (exact) mass is 254 g/mol. The lowest BCUT2D eigenvalue weighted by atomic mass is 9.87. The van der Waals surface area contributed by atoms with E-state index in [2.05, 4.69) is 25.9 Å². The Bertz CT molecular complexity index is 566. The molecule has 19 heavy (non-hydrogen) atoms. The Kier molecular flexibility index (Phi) is 3.65. The second kappa shape index (κ2) is 5.22. The first-order valence-corrected chi connectivity index (χ1v) is 6.30. The van der Waals surface area contributed by atoms with Gasteiger partial charge in [0.15, 0.2) is 0 Å². The number of rotatable bonds is 2. The highest BCUT2D eigenvalue weighted by molar-refractivity contribution is 5.90. The van der Waals surface area contributed by atoms with E-state index in [4.69, 9.17) is 0 Å². The van der Waals surface area contributed by atoms with Crippen molar-refractivity contribution in [2.45, 2.75) is 26.2 Å². The predicted octanol–water partition coefficient (Wildman–Crippen LogP) is 1.84. The smallest absolute Gasteiger partial charge is 0.202 e. The molecule has 98 valence electrons. The van der Waals surface area contributed by atoms with E-state index in [9.17, 15) is 5.11 Å². The van der Waals surface area contributed by atoms with E-state index in [-0.39, 0.29) is 11.3 Å². The fraction of sp³-hybridized carbons (Fsp3) is 0.250. The van der Waals surface area contributed by atoms with Crippen LogP contribution in [0.5, 0.6) is 0 Å². The molecule has 2 aromatic rings. The van der Waals surface area contributed by atoms with E-state index in [1.807, 2.05) is 42.5 Å². The molecule has 1 aromatic heterocycles. The number of benzene rings is 1. The minimum Gasteiger partial charge on any atom is -0.854 e. The Labute approximate surface area is 113 Å². The van der Waals surface area contributed by atoms with Crippen LogP contribution in [0.25, 0.3) is 0 Å².